The van der Waals surface area contributed by atoms with Crippen molar-refractivity contribution in [3.8, 4) is 0 Å². The third kappa shape index (κ3) is 4.40. The molecule has 0 aromatic heterocycles. The second-order valence-corrected chi connectivity index (χ2v) is 6.30. The Morgan fingerprint density at radius 2 is 1.94 bits per heavy atom. The molecule has 1 saturated carbocycles. The van der Waals surface area contributed by atoms with Gasteiger partial charge in [0.15, 0.2) is 0 Å². The van der Waals surface area contributed by atoms with Gasteiger partial charge in [-0.05, 0) is 32.2 Å². The Hall–Kier alpha value is -0.120. The van der Waals surface area contributed by atoms with E-state index in [9.17, 15) is 5.11 Å². The number of hydrogen-bond acceptors (Lipinski definition) is 3. The average Bonchev–Trinajstić information content (AvgIpc) is 2.97. The van der Waals surface area contributed by atoms with E-state index in [4.69, 9.17) is 0 Å². The molecule has 16 heavy (non-hydrogen) atoms. The molecule has 1 rings (SSSR count). The fourth-order valence-corrected chi connectivity index (χ4v) is 1.91. The topological polar surface area (TPSA) is 35.5 Å². The first kappa shape index (κ1) is 13.9. The van der Waals surface area contributed by atoms with E-state index >= 15 is 0 Å². The lowest BCUT2D eigenvalue weighted by molar-refractivity contribution is 0.112. The monoisotopic (exact) mass is 228 g/mol. The Bertz CT molecular complexity index is 208. The van der Waals surface area contributed by atoms with Crippen LogP contribution in [0, 0.1) is 5.41 Å². The molecule has 3 heteroatoms. The van der Waals surface area contributed by atoms with Gasteiger partial charge in [-0.3, -0.25) is 0 Å². The van der Waals surface area contributed by atoms with Gasteiger partial charge in [-0.1, -0.05) is 20.8 Å². The number of aliphatic hydroxyl groups is 1. The van der Waals surface area contributed by atoms with Crippen LogP contribution in [0.3, 0.4) is 0 Å². The van der Waals surface area contributed by atoms with Gasteiger partial charge in [0.2, 0.25) is 0 Å². The third-order valence-corrected chi connectivity index (χ3v) is 3.69. The third-order valence-electron chi connectivity index (χ3n) is 3.69. The van der Waals surface area contributed by atoms with E-state index in [2.05, 4.69) is 45.0 Å². The minimum absolute atomic E-state index is 0.224. The standard InChI is InChI=1S/C13H28N2O/c1-10(13(2,3)4)15(5)8-12(9-16)14-11-6-7-11/h10-12,14,16H,6-9H2,1-5H3. The van der Waals surface area contributed by atoms with Crippen LogP contribution in [-0.4, -0.2) is 48.3 Å². The van der Waals surface area contributed by atoms with Gasteiger partial charge >= 0.3 is 0 Å². The molecule has 0 bridgehead atoms. The summed E-state index contributed by atoms with van der Waals surface area (Å²) in [7, 11) is 2.15. The van der Waals surface area contributed by atoms with Crippen LogP contribution in [0.2, 0.25) is 0 Å². The normalized spacial score (nSPS) is 21.2. The van der Waals surface area contributed by atoms with Gasteiger partial charge in [0, 0.05) is 24.7 Å². The van der Waals surface area contributed by atoms with Crippen molar-refractivity contribution in [1.29, 1.82) is 0 Å². The van der Waals surface area contributed by atoms with Gasteiger partial charge in [0.05, 0.1) is 6.61 Å². The molecule has 1 fully saturated rings. The molecule has 0 amide bonds. The number of hydrogen-bond donors (Lipinski definition) is 2. The molecule has 2 unspecified atom stereocenters. The fraction of sp³-hybridized carbons (Fsp3) is 1.00. The molecular formula is C13H28N2O. The van der Waals surface area contributed by atoms with E-state index in [1.54, 1.807) is 0 Å². The lowest BCUT2D eigenvalue weighted by atomic mass is 9.87. The highest BCUT2D eigenvalue weighted by Gasteiger charge is 2.28. The summed E-state index contributed by atoms with van der Waals surface area (Å²) in [5.74, 6) is 0. The van der Waals surface area contributed by atoms with E-state index in [1.807, 2.05) is 0 Å². The zero-order valence-corrected chi connectivity index (χ0v) is 11.5. The number of rotatable bonds is 6. The van der Waals surface area contributed by atoms with E-state index in [0.717, 1.165) is 6.54 Å². The highest BCUT2D eigenvalue weighted by atomic mass is 16.3. The summed E-state index contributed by atoms with van der Waals surface area (Å²) in [6.07, 6.45) is 2.55. The molecule has 1 aliphatic rings. The van der Waals surface area contributed by atoms with Gasteiger partial charge in [-0.15, -0.1) is 0 Å². The summed E-state index contributed by atoms with van der Waals surface area (Å²) < 4.78 is 0. The molecule has 0 radical (unpaired) electrons. The molecule has 2 atom stereocenters. The molecule has 1 aliphatic carbocycles. The first-order valence-electron chi connectivity index (χ1n) is 6.41. The maximum Gasteiger partial charge on any atom is 0.0597 e. The van der Waals surface area contributed by atoms with Gasteiger partial charge in [-0.2, -0.15) is 0 Å². The van der Waals surface area contributed by atoms with Gasteiger partial charge < -0.3 is 15.3 Å². The summed E-state index contributed by atoms with van der Waals surface area (Å²) in [5.41, 5.74) is 0.286. The maximum absolute atomic E-state index is 9.35. The van der Waals surface area contributed by atoms with E-state index < -0.39 is 0 Å². The first-order chi connectivity index (χ1) is 7.34. The molecule has 0 aromatic rings. The summed E-state index contributed by atoms with van der Waals surface area (Å²) in [6.45, 7) is 10.2. The quantitative estimate of drug-likeness (QED) is 0.722. The van der Waals surface area contributed by atoms with Crippen LogP contribution < -0.4 is 5.32 Å². The van der Waals surface area contributed by atoms with E-state index in [0.29, 0.717) is 12.1 Å². The predicted molar refractivity (Wildman–Crippen MR) is 68.6 cm³/mol. The minimum atomic E-state index is 0.224. The molecular weight excluding hydrogens is 200 g/mol. The SMILES string of the molecule is CC(N(C)CC(CO)NC1CC1)C(C)(C)C. The molecule has 3 nitrogen and oxygen atoms in total. The molecule has 96 valence electrons. The molecule has 0 heterocycles. The lowest BCUT2D eigenvalue weighted by Crippen LogP contribution is -2.48. The average molecular weight is 228 g/mol. The van der Waals surface area contributed by atoms with Crippen LogP contribution in [0.1, 0.15) is 40.5 Å². The first-order valence-corrected chi connectivity index (χ1v) is 6.41. The van der Waals surface area contributed by atoms with Crippen molar-refractivity contribution in [3.05, 3.63) is 0 Å². The number of nitrogens with one attached hydrogen (secondary N) is 1. The van der Waals surface area contributed by atoms with Crippen molar-refractivity contribution >= 4 is 0 Å². The Morgan fingerprint density at radius 3 is 2.31 bits per heavy atom. The van der Waals surface area contributed by atoms with Gasteiger partial charge in [-0.25, -0.2) is 0 Å². The Kier molecular flexibility index (Phi) is 4.77. The van der Waals surface area contributed by atoms with E-state index in [1.165, 1.54) is 12.8 Å². The summed E-state index contributed by atoms with van der Waals surface area (Å²) >= 11 is 0. The Balaban J connectivity index is 2.37. The van der Waals surface area contributed by atoms with Crippen LogP contribution in [-0.2, 0) is 0 Å². The van der Waals surface area contributed by atoms with Crippen molar-refractivity contribution in [2.24, 2.45) is 5.41 Å². The predicted octanol–water partition coefficient (Wildman–Crippen LogP) is 1.47. The molecule has 2 N–H and O–H groups in total. The summed E-state index contributed by atoms with van der Waals surface area (Å²) in [5, 5.41) is 12.8. The number of nitrogens with zero attached hydrogens (tertiary/aromatic N) is 1. The number of aliphatic hydroxyl groups excluding tert-OH is 1. The zero-order chi connectivity index (χ0) is 12.3. The van der Waals surface area contributed by atoms with Crippen LogP contribution in [0.5, 0.6) is 0 Å². The van der Waals surface area contributed by atoms with Crippen LogP contribution in [0.25, 0.3) is 0 Å². The van der Waals surface area contributed by atoms with Gasteiger partial charge in [0.25, 0.3) is 0 Å². The minimum Gasteiger partial charge on any atom is -0.395 e. The Morgan fingerprint density at radius 1 is 1.38 bits per heavy atom. The zero-order valence-electron chi connectivity index (χ0n) is 11.5. The van der Waals surface area contributed by atoms with Crippen LogP contribution >= 0.6 is 0 Å². The highest BCUT2D eigenvalue weighted by molar-refractivity contribution is 4.87. The lowest BCUT2D eigenvalue weighted by Gasteiger charge is -2.37. The maximum atomic E-state index is 9.35. The highest BCUT2D eigenvalue weighted by Crippen LogP contribution is 2.24. The van der Waals surface area contributed by atoms with Gasteiger partial charge in [0.1, 0.15) is 0 Å². The summed E-state index contributed by atoms with van der Waals surface area (Å²) in [4.78, 5) is 2.34. The van der Waals surface area contributed by atoms with Crippen molar-refractivity contribution in [2.75, 3.05) is 20.2 Å². The van der Waals surface area contributed by atoms with Crippen LogP contribution in [0.15, 0.2) is 0 Å². The number of likely N-dealkylation sites (N-methyl/N-ethyl adjacent to an activating group) is 1. The molecule has 0 spiro atoms. The Labute approximate surface area is 100 Å². The van der Waals surface area contributed by atoms with Crippen molar-refractivity contribution < 1.29 is 5.11 Å². The second-order valence-electron chi connectivity index (χ2n) is 6.30. The largest absolute Gasteiger partial charge is 0.395 e. The molecule has 0 saturated heterocycles. The van der Waals surface area contributed by atoms with Crippen molar-refractivity contribution in [3.63, 3.8) is 0 Å². The van der Waals surface area contributed by atoms with Crippen molar-refractivity contribution in [2.45, 2.75) is 58.7 Å². The second kappa shape index (κ2) is 5.48. The molecule has 0 aromatic carbocycles. The molecule has 0 aliphatic heterocycles. The van der Waals surface area contributed by atoms with Crippen LogP contribution in [0.4, 0.5) is 0 Å². The van der Waals surface area contributed by atoms with Crippen molar-refractivity contribution in [1.82, 2.24) is 10.2 Å². The summed E-state index contributed by atoms with van der Waals surface area (Å²) in [6, 6.07) is 1.40. The van der Waals surface area contributed by atoms with E-state index in [-0.39, 0.29) is 18.1 Å². The smallest absolute Gasteiger partial charge is 0.0597 e. The fourth-order valence-electron chi connectivity index (χ4n) is 1.91.